The Morgan fingerprint density at radius 1 is 1.67 bits per heavy atom. The van der Waals surface area contributed by atoms with Crippen molar-refractivity contribution in [3.63, 3.8) is 0 Å². The summed E-state index contributed by atoms with van der Waals surface area (Å²) in [5.41, 5.74) is 0. The van der Waals surface area contributed by atoms with E-state index < -0.39 is 0 Å². The molecule has 0 aromatic heterocycles. The van der Waals surface area contributed by atoms with Gasteiger partial charge in [0.25, 0.3) is 0 Å². The summed E-state index contributed by atoms with van der Waals surface area (Å²) in [6.07, 6.45) is 1.56. The molecule has 2 heteroatoms. The fraction of sp³-hybridized carbons (Fsp3) is 0.857. The molecule has 0 aromatic rings. The van der Waals surface area contributed by atoms with E-state index in [9.17, 15) is 4.79 Å². The summed E-state index contributed by atoms with van der Waals surface area (Å²) in [5, 5.41) is 9.14. The van der Waals surface area contributed by atoms with Gasteiger partial charge >= 0.3 is 0 Å². The topological polar surface area (TPSA) is 37.3 Å². The first-order valence-electron chi connectivity index (χ1n) is 3.43. The highest BCUT2D eigenvalue weighted by Gasteiger charge is 2.29. The van der Waals surface area contributed by atoms with Crippen LogP contribution in [0.1, 0.15) is 26.2 Å². The molecule has 1 fully saturated rings. The van der Waals surface area contributed by atoms with Gasteiger partial charge in [-0.05, 0) is 5.92 Å². The highest BCUT2D eigenvalue weighted by molar-refractivity contribution is 5.81. The van der Waals surface area contributed by atoms with Crippen LogP contribution in [0.3, 0.4) is 0 Å². The lowest BCUT2D eigenvalue weighted by Crippen LogP contribution is -2.11. The molecule has 2 nitrogen and oxygen atoms in total. The van der Waals surface area contributed by atoms with Crippen LogP contribution >= 0.6 is 0 Å². The van der Waals surface area contributed by atoms with Crippen LogP contribution in [-0.4, -0.2) is 17.0 Å². The average Bonchev–Trinajstić information content (AvgIpc) is 2.10. The molecule has 52 valence electrons. The second-order valence-electron chi connectivity index (χ2n) is 2.68. The van der Waals surface area contributed by atoms with Crippen molar-refractivity contribution in [2.24, 2.45) is 5.92 Å². The molecule has 9 heavy (non-hydrogen) atoms. The summed E-state index contributed by atoms with van der Waals surface area (Å²) in [7, 11) is 0. The van der Waals surface area contributed by atoms with Crippen LogP contribution < -0.4 is 0 Å². The molecule has 0 aromatic carbocycles. The Bertz CT molecular complexity index is 120. The van der Waals surface area contributed by atoms with Gasteiger partial charge in [0.05, 0.1) is 6.10 Å². The van der Waals surface area contributed by atoms with Crippen molar-refractivity contribution in [3.05, 3.63) is 0 Å². The second kappa shape index (κ2) is 2.48. The molecule has 1 N–H and O–H groups in total. The number of hydrogen-bond donors (Lipinski definition) is 1. The zero-order valence-corrected chi connectivity index (χ0v) is 5.63. The van der Waals surface area contributed by atoms with Gasteiger partial charge < -0.3 is 5.11 Å². The maximum absolute atomic E-state index is 10.7. The Hall–Kier alpha value is -0.370. The summed E-state index contributed by atoms with van der Waals surface area (Å²) < 4.78 is 0. The predicted octanol–water partition coefficient (Wildman–Crippen LogP) is 0.736. The van der Waals surface area contributed by atoms with Crippen molar-refractivity contribution in [2.75, 3.05) is 0 Å². The molecule has 2 atom stereocenters. The monoisotopic (exact) mass is 128 g/mol. The Morgan fingerprint density at radius 3 is 2.56 bits per heavy atom. The lowest BCUT2D eigenvalue weighted by atomic mass is 10.0. The largest absolute Gasteiger partial charge is 0.392 e. The molecular formula is C7H12O2. The number of carbonyl (C=O) groups is 1. The van der Waals surface area contributed by atoms with Gasteiger partial charge in [0.1, 0.15) is 5.78 Å². The van der Waals surface area contributed by atoms with E-state index in [0.717, 1.165) is 6.42 Å². The molecule has 0 aliphatic heterocycles. The average molecular weight is 128 g/mol. The summed E-state index contributed by atoms with van der Waals surface area (Å²) in [6, 6.07) is 0. The summed E-state index contributed by atoms with van der Waals surface area (Å²) in [5.74, 6) is 0.465. The van der Waals surface area contributed by atoms with E-state index in [4.69, 9.17) is 5.11 Å². The highest BCUT2D eigenvalue weighted by Crippen LogP contribution is 2.24. The summed E-state index contributed by atoms with van der Waals surface area (Å²) in [4.78, 5) is 10.7. The fourth-order valence-corrected chi connectivity index (χ4v) is 1.33. The van der Waals surface area contributed by atoms with E-state index in [1.807, 2.05) is 6.92 Å². The third-order valence-corrected chi connectivity index (χ3v) is 2.00. The number of rotatable bonds is 1. The number of hydrogen-bond acceptors (Lipinski definition) is 2. The van der Waals surface area contributed by atoms with Crippen molar-refractivity contribution in [1.29, 1.82) is 0 Å². The normalized spacial score (nSPS) is 35.6. The molecule has 1 aliphatic carbocycles. The van der Waals surface area contributed by atoms with Crippen LogP contribution in [0.25, 0.3) is 0 Å². The van der Waals surface area contributed by atoms with E-state index in [-0.39, 0.29) is 17.8 Å². The number of carbonyl (C=O) groups excluding carboxylic acids is 1. The molecule has 0 spiro atoms. The molecular weight excluding hydrogens is 116 g/mol. The van der Waals surface area contributed by atoms with E-state index in [2.05, 4.69) is 0 Å². The molecule has 1 aliphatic rings. The van der Waals surface area contributed by atoms with Crippen molar-refractivity contribution >= 4 is 5.78 Å². The van der Waals surface area contributed by atoms with E-state index in [1.165, 1.54) is 0 Å². The first-order chi connectivity index (χ1) is 4.24. The lowest BCUT2D eigenvalue weighted by Gasteiger charge is -2.08. The smallest absolute Gasteiger partial charge is 0.135 e. The van der Waals surface area contributed by atoms with Crippen LogP contribution in [0, 0.1) is 5.92 Å². The van der Waals surface area contributed by atoms with Gasteiger partial charge in [-0.2, -0.15) is 0 Å². The van der Waals surface area contributed by atoms with Gasteiger partial charge in [-0.3, -0.25) is 4.79 Å². The Kier molecular flexibility index (Phi) is 1.86. The van der Waals surface area contributed by atoms with E-state index >= 15 is 0 Å². The minimum absolute atomic E-state index is 0.217. The third-order valence-electron chi connectivity index (χ3n) is 2.00. The number of ketones is 1. The van der Waals surface area contributed by atoms with Gasteiger partial charge in [-0.15, -0.1) is 0 Å². The standard InChI is InChI=1S/C7H12O2/c1-2-5-3-6(8)4-7(5)9/h5,7,9H,2-4H2,1H3. The van der Waals surface area contributed by atoms with Gasteiger partial charge in [-0.25, -0.2) is 0 Å². The van der Waals surface area contributed by atoms with Gasteiger partial charge in [0.15, 0.2) is 0 Å². The number of aliphatic hydroxyl groups excluding tert-OH is 1. The number of aliphatic hydroxyl groups is 1. The summed E-state index contributed by atoms with van der Waals surface area (Å²) in [6.45, 7) is 2.01. The van der Waals surface area contributed by atoms with Crippen molar-refractivity contribution in [3.8, 4) is 0 Å². The minimum Gasteiger partial charge on any atom is -0.392 e. The first-order valence-corrected chi connectivity index (χ1v) is 3.43. The maximum atomic E-state index is 10.7. The predicted molar refractivity (Wildman–Crippen MR) is 34.0 cm³/mol. The van der Waals surface area contributed by atoms with E-state index in [1.54, 1.807) is 0 Å². The van der Waals surface area contributed by atoms with E-state index in [0.29, 0.717) is 12.8 Å². The Balaban J connectivity index is 2.47. The Morgan fingerprint density at radius 2 is 2.33 bits per heavy atom. The van der Waals surface area contributed by atoms with Crippen LogP contribution in [0.2, 0.25) is 0 Å². The molecule has 0 amide bonds. The molecule has 2 unspecified atom stereocenters. The van der Waals surface area contributed by atoms with Crippen molar-refractivity contribution in [2.45, 2.75) is 32.3 Å². The summed E-state index contributed by atoms with van der Waals surface area (Å²) >= 11 is 0. The van der Waals surface area contributed by atoms with Crippen LogP contribution in [0.5, 0.6) is 0 Å². The van der Waals surface area contributed by atoms with Crippen molar-refractivity contribution in [1.82, 2.24) is 0 Å². The van der Waals surface area contributed by atoms with Gasteiger partial charge in [-0.1, -0.05) is 13.3 Å². The zero-order chi connectivity index (χ0) is 6.85. The quantitative estimate of drug-likeness (QED) is 0.565. The second-order valence-corrected chi connectivity index (χ2v) is 2.68. The van der Waals surface area contributed by atoms with Crippen LogP contribution in [0.4, 0.5) is 0 Å². The minimum atomic E-state index is -0.345. The van der Waals surface area contributed by atoms with Crippen molar-refractivity contribution < 1.29 is 9.90 Å². The highest BCUT2D eigenvalue weighted by atomic mass is 16.3. The SMILES string of the molecule is CCC1CC(=O)CC1O. The van der Waals surface area contributed by atoms with Gasteiger partial charge in [0.2, 0.25) is 0 Å². The van der Waals surface area contributed by atoms with Gasteiger partial charge in [0, 0.05) is 12.8 Å². The Labute approximate surface area is 54.9 Å². The first kappa shape index (κ1) is 6.75. The zero-order valence-electron chi connectivity index (χ0n) is 5.63. The maximum Gasteiger partial charge on any atom is 0.135 e. The van der Waals surface area contributed by atoms with Crippen LogP contribution in [-0.2, 0) is 4.79 Å². The molecule has 0 radical (unpaired) electrons. The molecule has 1 saturated carbocycles. The fourth-order valence-electron chi connectivity index (χ4n) is 1.33. The molecule has 0 heterocycles. The lowest BCUT2D eigenvalue weighted by molar-refractivity contribution is -0.117. The van der Waals surface area contributed by atoms with Crippen LogP contribution in [0.15, 0.2) is 0 Å². The molecule has 0 bridgehead atoms. The molecule has 1 rings (SSSR count). The molecule has 0 saturated heterocycles. The number of Topliss-reactive ketones (excluding diaryl/α,β-unsaturated/α-hetero) is 1. The third kappa shape index (κ3) is 1.30.